The minimum Gasteiger partial charge on any atom is -0.300 e. The Balaban J connectivity index is 1.63. The number of hydrogen-bond acceptors (Lipinski definition) is 4. The first-order valence-electron chi connectivity index (χ1n) is 7.58. The number of aliphatic imine (C=N–C) groups is 1. The van der Waals surface area contributed by atoms with Crippen molar-refractivity contribution in [3.63, 3.8) is 0 Å². The number of pyridine rings is 1. The minimum absolute atomic E-state index is 0.165. The lowest BCUT2D eigenvalue weighted by Crippen LogP contribution is -2.19. The molecule has 0 atom stereocenters. The van der Waals surface area contributed by atoms with E-state index >= 15 is 0 Å². The second-order valence-corrected chi connectivity index (χ2v) is 6.83. The smallest absolute Gasteiger partial charge is 0.264 e. The molecule has 1 fully saturated rings. The molecule has 2 heterocycles. The predicted octanol–water partition coefficient (Wildman–Crippen LogP) is 4.78. The highest BCUT2D eigenvalue weighted by Crippen LogP contribution is 2.31. The van der Waals surface area contributed by atoms with Crippen LogP contribution in [0.25, 0.3) is 17.0 Å². The van der Waals surface area contributed by atoms with Gasteiger partial charge in [0.25, 0.3) is 5.91 Å². The molecule has 0 spiro atoms. The van der Waals surface area contributed by atoms with E-state index in [2.05, 4.69) is 15.3 Å². The summed E-state index contributed by atoms with van der Waals surface area (Å²) < 4.78 is 0. The number of para-hydroxylation sites is 1. The quantitative estimate of drug-likeness (QED) is 0.665. The van der Waals surface area contributed by atoms with Gasteiger partial charge in [-0.1, -0.05) is 35.9 Å². The van der Waals surface area contributed by atoms with Gasteiger partial charge in [0.15, 0.2) is 5.17 Å². The van der Waals surface area contributed by atoms with Crippen LogP contribution in [0, 0.1) is 0 Å². The molecule has 6 heteroatoms. The second kappa shape index (κ2) is 6.70. The molecule has 1 amide bonds. The number of nitrogens with one attached hydrogen (secondary N) is 1. The van der Waals surface area contributed by atoms with Crippen LogP contribution in [0.1, 0.15) is 5.56 Å². The average Bonchev–Trinajstić information content (AvgIpc) is 2.96. The third-order valence-corrected chi connectivity index (χ3v) is 4.88. The van der Waals surface area contributed by atoms with Crippen molar-refractivity contribution in [2.24, 2.45) is 4.99 Å². The summed E-state index contributed by atoms with van der Waals surface area (Å²) in [6, 6.07) is 17.0. The molecule has 25 heavy (non-hydrogen) atoms. The summed E-state index contributed by atoms with van der Waals surface area (Å²) in [5.41, 5.74) is 2.50. The van der Waals surface area contributed by atoms with Crippen LogP contribution < -0.4 is 5.32 Å². The SMILES string of the molecule is O=C1N/C(=N/c2ccccc2Cl)S/C1=C\c1ccc2ncccc2c1. The first kappa shape index (κ1) is 15.9. The summed E-state index contributed by atoms with van der Waals surface area (Å²) in [7, 11) is 0. The monoisotopic (exact) mass is 365 g/mol. The summed E-state index contributed by atoms with van der Waals surface area (Å²) in [6.45, 7) is 0. The second-order valence-electron chi connectivity index (χ2n) is 5.39. The number of benzene rings is 2. The highest BCUT2D eigenvalue weighted by Gasteiger charge is 2.24. The molecule has 1 saturated heterocycles. The number of hydrogen-bond donors (Lipinski definition) is 1. The lowest BCUT2D eigenvalue weighted by atomic mass is 10.1. The fourth-order valence-corrected chi connectivity index (χ4v) is 3.48. The third-order valence-electron chi connectivity index (χ3n) is 3.65. The summed E-state index contributed by atoms with van der Waals surface area (Å²) in [5.74, 6) is -0.165. The van der Waals surface area contributed by atoms with Crippen molar-refractivity contribution >= 4 is 57.1 Å². The van der Waals surface area contributed by atoms with Crippen molar-refractivity contribution in [1.82, 2.24) is 10.3 Å². The molecule has 0 radical (unpaired) electrons. The van der Waals surface area contributed by atoms with Gasteiger partial charge in [0.2, 0.25) is 0 Å². The van der Waals surface area contributed by atoms with E-state index in [1.165, 1.54) is 11.8 Å². The Labute approximate surface area is 153 Å². The number of thioether (sulfide) groups is 1. The Morgan fingerprint density at radius 1 is 1.12 bits per heavy atom. The average molecular weight is 366 g/mol. The predicted molar refractivity (Wildman–Crippen MR) is 104 cm³/mol. The van der Waals surface area contributed by atoms with E-state index < -0.39 is 0 Å². The Kier molecular flexibility index (Phi) is 4.26. The number of amides is 1. The van der Waals surface area contributed by atoms with Crippen molar-refractivity contribution < 1.29 is 4.79 Å². The van der Waals surface area contributed by atoms with Gasteiger partial charge in [0, 0.05) is 11.6 Å². The lowest BCUT2D eigenvalue weighted by Gasteiger charge is -1.99. The molecular formula is C19H12ClN3OS. The van der Waals surface area contributed by atoms with Gasteiger partial charge in [-0.05, 0) is 53.7 Å². The molecule has 1 aliphatic heterocycles. The maximum absolute atomic E-state index is 12.2. The molecule has 0 aliphatic carbocycles. The zero-order valence-electron chi connectivity index (χ0n) is 12.9. The standard InChI is InChI=1S/C19H12ClN3OS/c20-14-5-1-2-6-16(14)22-19-23-18(24)17(25-19)11-12-7-8-15-13(10-12)4-3-9-21-15/h1-11H,(H,22,23,24)/b17-11-. The third kappa shape index (κ3) is 3.43. The number of fused-ring (bicyclic) bond motifs is 1. The molecule has 4 rings (SSSR count). The molecule has 4 nitrogen and oxygen atoms in total. The van der Waals surface area contributed by atoms with Gasteiger partial charge in [-0.2, -0.15) is 0 Å². The zero-order chi connectivity index (χ0) is 17.2. The van der Waals surface area contributed by atoms with Crippen LogP contribution >= 0.6 is 23.4 Å². The number of amidine groups is 1. The summed E-state index contributed by atoms with van der Waals surface area (Å²) >= 11 is 7.41. The number of halogens is 1. The van der Waals surface area contributed by atoms with Gasteiger partial charge < -0.3 is 5.32 Å². The highest BCUT2D eigenvalue weighted by atomic mass is 35.5. The van der Waals surface area contributed by atoms with Gasteiger partial charge in [0.1, 0.15) is 0 Å². The van der Waals surface area contributed by atoms with E-state index in [9.17, 15) is 4.79 Å². The van der Waals surface area contributed by atoms with Crippen LogP contribution in [-0.4, -0.2) is 16.1 Å². The summed E-state index contributed by atoms with van der Waals surface area (Å²) in [6.07, 6.45) is 3.61. The van der Waals surface area contributed by atoms with E-state index in [1.807, 2.05) is 48.5 Å². The molecular weight excluding hydrogens is 354 g/mol. The van der Waals surface area contributed by atoms with Crippen molar-refractivity contribution in [1.29, 1.82) is 0 Å². The largest absolute Gasteiger partial charge is 0.300 e. The van der Waals surface area contributed by atoms with Crippen LogP contribution in [-0.2, 0) is 4.79 Å². The molecule has 0 unspecified atom stereocenters. The van der Waals surface area contributed by atoms with Crippen LogP contribution in [0.3, 0.4) is 0 Å². The minimum atomic E-state index is -0.165. The van der Waals surface area contributed by atoms with Gasteiger partial charge in [-0.15, -0.1) is 0 Å². The topological polar surface area (TPSA) is 54.4 Å². The normalized spacial score (nSPS) is 17.4. The molecule has 0 bridgehead atoms. The zero-order valence-corrected chi connectivity index (χ0v) is 14.5. The maximum Gasteiger partial charge on any atom is 0.264 e. The molecule has 1 aromatic heterocycles. The van der Waals surface area contributed by atoms with E-state index in [0.29, 0.717) is 20.8 Å². The van der Waals surface area contributed by atoms with Crippen LogP contribution in [0.15, 0.2) is 70.7 Å². The molecule has 1 aliphatic rings. The Morgan fingerprint density at radius 3 is 2.88 bits per heavy atom. The Bertz CT molecular complexity index is 1050. The fourth-order valence-electron chi connectivity index (χ4n) is 2.47. The molecule has 1 N–H and O–H groups in total. The summed E-state index contributed by atoms with van der Waals surface area (Å²) in [4.78, 5) is 21.5. The Morgan fingerprint density at radius 2 is 2.00 bits per heavy atom. The highest BCUT2D eigenvalue weighted by molar-refractivity contribution is 8.18. The molecule has 0 saturated carbocycles. The maximum atomic E-state index is 12.2. The van der Waals surface area contributed by atoms with E-state index in [1.54, 1.807) is 18.3 Å². The van der Waals surface area contributed by atoms with Gasteiger partial charge in [-0.3, -0.25) is 9.78 Å². The van der Waals surface area contributed by atoms with Crippen molar-refractivity contribution in [2.75, 3.05) is 0 Å². The fraction of sp³-hybridized carbons (Fsp3) is 0. The molecule has 2 aromatic carbocycles. The number of carbonyl (C=O) groups excluding carboxylic acids is 1. The van der Waals surface area contributed by atoms with Crippen LogP contribution in [0.2, 0.25) is 5.02 Å². The van der Waals surface area contributed by atoms with Crippen LogP contribution in [0.5, 0.6) is 0 Å². The van der Waals surface area contributed by atoms with Crippen molar-refractivity contribution in [3.05, 3.63) is 76.3 Å². The van der Waals surface area contributed by atoms with Crippen molar-refractivity contribution in [2.45, 2.75) is 0 Å². The van der Waals surface area contributed by atoms with Gasteiger partial charge >= 0.3 is 0 Å². The van der Waals surface area contributed by atoms with E-state index in [0.717, 1.165) is 16.5 Å². The Hall–Kier alpha value is -2.63. The van der Waals surface area contributed by atoms with Crippen molar-refractivity contribution in [3.8, 4) is 0 Å². The van der Waals surface area contributed by atoms with E-state index in [-0.39, 0.29) is 5.91 Å². The number of rotatable bonds is 2. The van der Waals surface area contributed by atoms with E-state index in [4.69, 9.17) is 11.6 Å². The van der Waals surface area contributed by atoms with Gasteiger partial charge in [-0.25, -0.2) is 4.99 Å². The molecule has 122 valence electrons. The number of carbonyl (C=O) groups is 1. The van der Waals surface area contributed by atoms with Crippen LogP contribution in [0.4, 0.5) is 5.69 Å². The molecule has 3 aromatic rings. The number of nitrogens with zero attached hydrogens (tertiary/aromatic N) is 2. The number of aromatic nitrogens is 1. The lowest BCUT2D eigenvalue weighted by molar-refractivity contribution is -0.115. The summed E-state index contributed by atoms with van der Waals surface area (Å²) in [5, 5.41) is 4.87. The first-order valence-corrected chi connectivity index (χ1v) is 8.77. The first-order chi connectivity index (χ1) is 12.2. The van der Waals surface area contributed by atoms with Gasteiger partial charge in [0.05, 0.1) is 21.1 Å².